The molecule has 0 fully saturated rings. The Kier molecular flexibility index (Phi) is 8.59. The van der Waals surface area contributed by atoms with Gasteiger partial charge < -0.3 is 19.5 Å². The molecule has 43 heavy (non-hydrogen) atoms. The van der Waals surface area contributed by atoms with Gasteiger partial charge in [0.05, 0.1) is 23.2 Å². The summed E-state index contributed by atoms with van der Waals surface area (Å²) in [4.78, 5) is 25.1. The molecule has 0 bridgehead atoms. The molecule has 2 aromatic heterocycles. The average molecular weight is 576 g/mol. The number of hydrogen-bond donors (Lipinski definition) is 1. The highest BCUT2D eigenvalue weighted by Gasteiger charge is 2.20. The monoisotopic (exact) mass is 575 g/mol. The van der Waals surface area contributed by atoms with Gasteiger partial charge in [0, 0.05) is 54.9 Å². The molecule has 0 aliphatic heterocycles. The number of carbonyl (C=O) groups is 1. The number of benzene rings is 3. The van der Waals surface area contributed by atoms with Crippen LogP contribution in [-0.4, -0.2) is 51.6 Å². The average Bonchev–Trinajstić information content (AvgIpc) is 3.38. The van der Waals surface area contributed by atoms with Crippen LogP contribution in [0.1, 0.15) is 66.6 Å². The lowest BCUT2D eigenvalue weighted by atomic mass is 9.92. The van der Waals surface area contributed by atoms with E-state index in [0.29, 0.717) is 31.7 Å². The summed E-state index contributed by atoms with van der Waals surface area (Å²) in [6, 6.07) is 22.7. The van der Waals surface area contributed by atoms with Crippen molar-refractivity contribution in [3.05, 3.63) is 94.9 Å². The third-order valence-electron chi connectivity index (χ3n) is 8.53. The number of amides is 1. The third kappa shape index (κ3) is 5.94. The van der Waals surface area contributed by atoms with E-state index in [9.17, 15) is 4.79 Å². The van der Waals surface area contributed by atoms with Crippen LogP contribution in [0.3, 0.4) is 0 Å². The zero-order chi connectivity index (χ0) is 29.8. The number of hydrogen-bond acceptors (Lipinski definition) is 5. The normalized spacial score (nSPS) is 12.8. The van der Waals surface area contributed by atoms with Gasteiger partial charge in [-0.3, -0.25) is 9.78 Å². The van der Waals surface area contributed by atoms with Crippen LogP contribution in [0, 0.1) is 0 Å². The maximum absolute atomic E-state index is 13.1. The predicted molar refractivity (Wildman–Crippen MR) is 174 cm³/mol. The quantitative estimate of drug-likeness (QED) is 0.183. The number of anilines is 1. The number of nitrogens with one attached hydrogen (secondary N) is 1. The summed E-state index contributed by atoms with van der Waals surface area (Å²) < 4.78 is 7.96. The van der Waals surface area contributed by atoms with Crippen molar-refractivity contribution >= 4 is 33.5 Å². The highest BCUT2D eigenvalue weighted by atomic mass is 16.5. The molecule has 0 spiro atoms. The Bertz CT molecular complexity index is 1740. The summed E-state index contributed by atoms with van der Waals surface area (Å²) in [5.41, 5.74) is 8.64. The first-order valence-corrected chi connectivity index (χ1v) is 15.7. The van der Waals surface area contributed by atoms with Crippen LogP contribution in [0.4, 0.5) is 5.69 Å². The summed E-state index contributed by atoms with van der Waals surface area (Å²) in [7, 11) is 0. The van der Waals surface area contributed by atoms with Crippen molar-refractivity contribution < 1.29 is 9.53 Å². The third-order valence-corrected chi connectivity index (χ3v) is 8.53. The number of aryl methyl sites for hydroxylation is 1. The predicted octanol–water partition coefficient (Wildman–Crippen LogP) is 7.05. The van der Waals surface area contributed by atoms with E-state index in [-0.39, 0.29) is 5.91 Å². The first-order valence-electron chi connectivity index (χ1n) is 15.7. The zero-order valence-electron chi connectivity index (χ0n) is 25.5. The molecule has 7 heteroatoms. The highest BCUT2D eigenvalue weighted by Crippen LogP contribution is 2.33. The Morgan fingerprint density at radius 1 is 0.930 bits per heavy atom. The van der Waals surface area contributed by atoms with Crippen LogP contribution in [-0.2, 0) is 25.8 Å². The molecular weight excluding hydrogens is 534 g/mol. The Labute approximate surface area is 253 Å². The SMILES string of the molecule is CCOc1ccc(Cc2nc3cc(C(=O)N(CC)CC)ccc3n2CCNc2c3c(nc4ccccc24)CCCC3)cc1. The molecule has 2 heterocycles. The number of pyridine rings is 1. The Morgan fingerprint density at radius 3 is 2.51 bits per heavy atom. The van der Waals surface area contributed by atoms with Gasteiger partial charge in [0.1, 0.15) is 11.6 Å². The van der Waals surface area contributed by atoms with Crippen molar-refractivity contribution in [1.29, 1.82) is 0 Å². The summed E-state index contributed by atoms with van der Waals surface area (Å²) >= 11 is 0. The molecule has 5 aromatic rings. The van der Waals surface area contributed by atoms with Crippen LogP contribution in [0.5, 0.6) is 5.75 Å². The van der Waals surface area contributed by atoms with Gasteiger partial charge in [-0.1, -0.05) is 30.3 Å². The zero-order valence-corrected chi connectivity index (χ0v) is 25.5. The molecule has 1 amide bonds. The van der Waals surface area contributed by atoms with Crippen molar-refractivity contribution in [2.24, 2.45) is 0 Å². The van der Waals surface area contributed by atoms with E-state index in [1.165, 1.54) is 40.7 Å². The lowest BCUT2D eigenvalue weighted by molar-refractivity contribution is 0.0773. The van der Waals surface area contributed by atoms with Crippen molar-refractivity contribution in [2.75, 3.05) is 31.6 Å². The van der Waals surface area contributed by atoms with Crippen LogP contribution in [0.15, 0.2) is 66.7 Å². The number of ether oxygens (including phenoxy) is 1. The van der Waals surface area contributed by atoms with Crippen molar-refractivity contribution in [1.82, 2.24) is 19.4 Å². The van der Waals surface area contributed by atoms with Crippen molar-refractivity contribution in [3.63, 3.8) is 0 Å². The maximum Gasteiger partial charge on any atom is 0.253 e. The van der Waals surface area contributed by atoms with Crippen LogP contribution in [0.25, 0.3) is 21.9 Å². The molecule has 7 nitrogen and oxygen atoms in total. The molecule has 1 N–H and O–H groups in total. The van der Waals surface area contributed by atoms with Crippen LogP contribution < -0.4 is 10.1 Å². The van der Waals surface area contributed by atoms with E-state index in [4.69, 9.17) is 14.7 Å². The van der Waals surface area contributed by atoms with Crippen molar-refractivity contribution in [3.8, 4) is 5.75 Å². The molecule has 6 rings (SSSR count). The largest absolute Gasteiger partial charge is 0.494 e. The number of imidazole rings is 1. The molecule has 0 unspecified atom stereocenters. The Balaban J connectivity index is 1.32. The summed E-state index contributed by atoms with van der Waals surface area (Å²) in [6.45, 7) is 9.54. The fourth-order valence-electron chi connectivity index (χ4n) is 6.31. The minimum absolute atomic E-state index is 0.0468. The molecule has 0 radical (unpaired) electrons. The van der Waals surface area contributed by atoms with E-state index in [0.717, 1.165) is 54.1 Å². The number of nitrogens with zero attached hydrogens (tertiary/aromatic N) is 4. The number of carbonyl (C=O) groups excluding carboxylic acids is 1. The van der Waals surface area contributed by atoms with E-state index in [2.05, 4.69) is 52.3 Å². The summed E-state index contributed by atoms with van der Waals surface area (Å²) in [6.07, 6.45) is 5.20. The Hall–Kier alpha value is -4.39. The lowest BCUT2D eigenvalue weighted by Gasteiger charge is -2.22. The standard InChI is InChI=1S/C36H41N5O2/c1-4-40(5-2)36(42)26-17-20-33-32(24-26)39-34(23-25-15-18-27(19-16-25)43-6-3)41(33)22-21-37-35-28-11-7-9-13-30(28)38-31-14-10-8-12-29(31)35/h7,9,11,13,15-20,24H,4-6,8,10,12,14,21-23H2,1-3H3,(H,37,38). The lowest BCUT2D eigenvalue weighted by Crippen LogP contribution is -2.30. The van der Waals surface area contributed by atoms with Gasteiger partial charge in [0.25, 0.3) is 5.91 Å². The Morgan fingerprint density at radius 2 is 1.72 bits per heavy atom. The number of para-hydroxylation sites is 1. The van der Waals surface area contributed by atoms with E-state index < -0.39 is 0 Å². The number of rotatable bonds is 11. The minimum Gasteiger partial charge on any atom is -0.494 e. The van der Waals surface area contributed by atoms with E-state index >= 15 is 0 Å². The van der Waals surface area contributed by atoms with Gasteiger partial charge in [-0.25, -0.2) is 4.98 Å². The first-order chi connectivity index (χ1) is 21.1. The first kappa shape index (κ1) is 28.7. The van der Waals surface area contributed by atoms with Gasteiger partial charge in [-0.05, 0) is 94.0 Å². The number of fused-ring (bicyclic) bond motifs is 3. The van der Waals surface area contributed by atoms with Gasteiger partial charge in [-0.15, -0.1) is 0 Å². The molecule has 222 valence electrons. The van der Waals surface area contributed by atoms with Gasteiger partial charge in [0.2, 0.25) is 0 Å². The second kappa shape index (κ2) is 12.9. The second-order valence-electron chi connectivity index (χ2n) is 11.2. The van der Waals surface area contributed by atoms with Gasteiger partial charge in [0.15, 0.2) is 0 Å². The fourth-order valence-corrected chi connectivity index (χ4v) is 6.31. The molecule has 0 saturated carbocycles. The molecular formula is C36H41N5O2. The molecule has 1 aliphatic carbocycles. The van der Waals surface area contributed by atoms with Crippen LogP contribution in [0.2, 0.25) is 0 Å². The van der Waals surface area contributed by atoms with Crippen LogP contribution >= 0.6 is 0 Å². The highest BCUT2D eigenvalue weighted by molar-refractivity contribution is 5.97. The molecule has 1 aliphatic rings. The smallest absolute Gasteiger partial charge is 0.253 e. The van der Waals surface area contributed by atoms with E-state index in [1.807, 2.05) is 49.9 Å². The second-order valence-corrected chi connectivity index (χ2v) is 11.2. The molecule has 0 atom stereocenters. The fraction of sp³-hybridized carbons (Fsp3) is 0.361. The van der Waals surface area contributed by atoms with Gasteiger partial charge >= 0.3 is 0 Å². The maximum atomic E-state index is 13.1. The molecule has 3 aromatic carbocycles. The number of aromatic nitrogens is 3. The van der Waals surface area contributed by atoms with E-state index in [1.54, 1.807) is 0 Å². The topological polar surface area (TPSA) is 72.3 Å². The minimum atomic E-state index is 0.0468. The molecule has 0 saturated heterocycles. The summed E-state index contributed by atoms with van der Waals surface area (Å²) in [5, 5.41) is 5.01. The summed E-state index contributed by atoms with van der Waals surface area (Å²) in [5.74, 6) is 1.90. The van der Waals surface area contributed by atoms with Crippen molar-refractivity contribution in [2.45, 2.75) is 59.4 Å². The van der Waals surface area contributed by atoms with Gasteiger partial charge in [-0.2, -0.15) is 0 Å².